The molecule has 0 aliphatic heterocycles. The first kappa shape index (κ1) is 28.2. The molecule has 0 spiro atoms. The summed E-state index contributed by atoms with van der Waals surface area (Å²) in [4.78, 5) is 25.9. The first-order chi connectivity index (χ1) is 20.0. The summed E-state index contributed by atoms with van der Waals surface area (Å²) in [6.45, 7) is 4.16. The smallest absolute Gasteiger partial charge is 0.332 e. The molecule has 0 unspecified atom stereocenters. The minimum Gasteiger partial charge on any atom is -0.464 e. The first-order valence-corrected chi connectivity index (χ1v) is 14.4. The molecular formula is C32H35N5O4. The van der Waals surface area contributed by atoms with Crippen LogP contribution in [-0.4, -0.2) is 44.7 Å². The number of nitrogens with zero attached hydrogens (tertiary/aromatic N) is 5. The molecule has 2 heterocycles. The van der Waals surface area contributed by atoms with Crippen LogP contribution >= 0.6 is 0 Å². The van der Waals surface area contributed by atoms with Crippen molar-refractivity contribution < 1.29 is 14.3 Å². The number of nitriles is 1. The third kappa shape index (κ3) is 6.08. The number of rotatable bonds is 10. The lowest BCUT2D eigenvalue weighted by Crippen LogP contribution is -2.35. The summed E-state index contributed by atoms with van der Waals surface area (Å²) in [6.07, 6.45) is 6.72. The number of hydrogen-bond donors (Lipinski definition) is 0. The molecule has 2 aromatic carbocycles. The van der Waals surface area contributed by atoms with Crippen LogP contribution in [0.2, 0.25) is 0 Å². The highest BCUT2D eigenvalue weighted by atomic mass is 16.6. The molecule has 2 aromatic heterocycles. The van der Waals surface area contributed by atoms with Crippen molar-refractivity contribution >= 4 is 11.6 Å². The summed E-state index contributed by atoms with van der Waals surface area (Å²) >= 11 is 0. The minimum atomic E-state index is -0.351. The zero-order chi connectivity index (χ0) is 28.8. The SMILES string of the molecule is CCCc1c(Cc2ccc(-c3ccccc3C#N)cc2)c(=O)n(C2CCC(OCC(=O)OCC)CC2)c2cnnn12. The van der Waals surface area contributed by atoms with E-state index >= 15 is 0 Å². The Balaban J connectivity index is 1.42. The number of hydrogen-bond acceptors (Lipinski definition) is 7. The van der Waals surface area contributed by atoms with Gasteiger partial charge in [-0.05, 0) is 61.8 Å². The summed E-state index contributed by atoms with van der Waals surface area (Å²) in [5.41, 5.74) is 5.83. The number of aromatic nitrogens is 4. The van der Waals surface area contributed by atoms with Crippen LogP contribution in [0.25, 0.3) is 16.8 Å². The largest absolute Gasteiger partial charge is 0.464 e. The Morgan fingerprint density at radius 1 is 1.07 bits per heavy atom. The number of ether oxygens (including phenoxy) is 2. The molecule has 0 bridgehead atoms. The van der Waals surface area contributed by atoms with Gasteiger partial charge >= 0.3 is 5.97 Å². The topological polar surface area (TPSA) is 112 Å². The molecule has 212 valence electrons. The zero-order valence-electron chi connectivity index (χ0n) is 23.6. The molecule has 0 N–H and O–H groups in total. The highest BCUT2D eigenvalue weighted by molar-refractivity contribution is 5.71. The van der Waals surface area contributed by atoms with Crippen molar-refractivity contribution in [3.05, 3.63) is 87.5 Å². The van der Waals surface area contributed by atoms with E-state index in [4.69, 9.17) is 9.47 Å². The lowest BCUT2D eigenvalue weighted by atomic mass is 9.92. The van der Waals surface area contributed by atoms with Gasteiger partial charge in [0.05, 0.1) is 36.2 Å². The minimum absolute atomic E-state index is 0.00181. The molecule has 0 radical (unpaired) electrons. The zero-order valence-corrected chi connectivity index (χ0v) is 23.6. The number of carbonyl (C=O) groups is 1. The fraction of sp³-hybridized carbons (Fsp3) is 0.406. The summed E-state index contributed by atoms with van der Waals surface area (Å²) in [5, 5.41) is 18.1. The van der Waals surface area contributed by atoms with Gasteiger partial charge in [0.25, 0.3) is 5.56 Å². The molecule has 1 saturated carbocycles. The van der Waals surface area contributed by atoms with Crippen molar-refractivity contribution in [3.8, 4) is 17.2 Å². The van der Waals surface area contributed by atoms with E-state index in [0.717, 1.165) is 60.1 Å². The Morgan fingerprint density at radius 3 is 2.54 bits per heavy atom. The van der Waals surface area contributed by atoms with Crippen LogP contribution in [0.5, 0.6) is 0 Å². The summed E-state index contributed by atoms with van der Waals surface area (Å²) in [7, 11) is 0. The number of benzene rings is 2. The number of esters is 1. The van der Waals surface area contributed by atoms with E-state index in [9.17, 15) is 14.9 Å². The second-order valence-electron chi connectivity index (χ2n) is 10.4. The molecule has 1 aliphatic carbocycles. The second-order valence-corrected chi connectivity index (χ2v) is 10.4. The molecule has 5 rings (SSSR count). The van der Waals surface area contributed by atoms with E-state index in [2.05, 4.69) is 23.3 Å². The third-order valence-corrected chi connectivity index (χ3v) is 7.79. The second kappa shape index (κ2) is 12.9. The van der Waals surface area contributed by atoms with E-state index in [-0.39, 0.29) is 30.3 Å². The van der Waals surface area contributed by atoms with Crippen LogP contribution in [-0.2, 0) is 27.1 Å². The molecule has 41 heavy (non-hydrogen) atoms. The van der Waals surface area contributed by atoms with Crippen molar-refractivity contribution in [2.75, 3.05) is 13.2 Å². The van der Waals surface area contributed by atoms with Gasteiger partial charge in [-0.15, -0.1) is 5.10 Å². The molecular weight excluding hydrogens is 518 g/mol. The molecule has 9 nitrogen and oxygen atoms in total. The molecule has 0 saturated heterocycles. The Morgan fingerprint density at radius 2 is 1.83 bits per heavy atom. The predicted molar refractivity (Wildman–Crippen MR) is 155 cm³/mol. The van der Waals surface area contributed by atoms with Gasteiger partial charge in [0.2, 0.25) is 0 Å². The highest BCUT2D eigenvalue weighted by Crippen LogP contribution is 2.31. The fourth-order valence-electron chi connectivity index (χ4n) is 5.81. The maximum Gasteiger partial charge on any atom is 0.332 e. The highest BCUT2D eigenvalue weighted by Gasteiger charge is 2.28. The molecule has 1 aliphatic rings. The molecule has 4 aromatic rings. The normalized spacial score (nSPS) is 16.9. The van der Waals surface area contributed by atoms with Gasteiger partial charge in [0.15, 0.2) is 5.65 Å². The van der Waals surface area contributed by atoms with Gasteiger partial charge < -0.3 is 9.47 Å². The van der Waals surface area contributed by atoms with Crippen molar-refractivity contribution in [2.24, 2.45) is 0 Å². The van der Waals surface area contributed by atoms with Crippen LogP contribution in [0.15, 0.2) is 59.5 Å². The van der Waals surface area contributed by atoms with Gasteiger partial charge in [-0.3, -0.25) is 9.36 Å². The van der Waals surface area contributed by atoms with Crippen molar-refractivity contribution in [1.82, 2.24) is 19.4 Å². The maximum atomic E-state index is 14.2. The third-order valence-electron chi connectivity index (χ3n) is 7.79. The summed E-state index contributed by atoms with van der Waals surface area (Å²) in [5.74, 6) is -0.351. The van der Waals surface area contributed by atoms with Crippen molar-refractivity contribution in [2.45, 2.75) is 70.9 Å². The molecule has 1 fully saturated rings. The number of fused-ring (bicyclic) bond motifs is 1. The van der Waals surface area contributed by atoms with Crippen LogP contribution in [0.1, 0.15) is 74.4 Å². The lowest BCUT2D eigenvalue weighted by molar-refractivity contribution is -0.151. The average molecular weight is 554 g/mol. The Hall–Kier alpha value is -4.29. The summed E-state index contributed by atoms with van der Waals surface area (Å²) < 4.78 is 14.5. The van der Waals surface area contributed by atoms with Crippen molar-refractivity contribution in [3.63, 3.8) is 0 Å². The fourth-order valence-corrected chi connectivity index (χ4v) is 5.81. The van der Waals surface area contributed by atoms with E-state index in [1.54, 1.807) is 13.1 Å². The lowest BCUT2D eigenvalue weighted by Gasteiger charge is -2.30. The van der Waals surface area contributed by atoms with Gasteiger partial charge in [0.1, 0.15) is 6.61 Å². The van der Waals surface area contributed by atoms with E-state index in [1.807, 2.05) is 57.6 Å². The van der Waals surface area contributed by atoms with E-state index in [1.165, 1.54) is 0 Å². The molecule has 0 atom stereocenters. The standard InChI is InChI=1S/C32H35N5O4/c1-3-7-29-28(18-22-10-12-23(13-11-22)27-9-6-5-8-24(27)19-33)32(39)36(30-20-34-35-37(29)30)25-14-16-26(17-15-25)41-21-31(38)40-4-2/h5-6,8-13,20,25-26H,3-4,7,14-18,21H2,1-2H3. The van der Waals surface area contributed by atoms with Gasteiger partial charge in [0, 0.05) is 18.0 Å². The van der Waals surface area contributed by atoms with Crippen LogP contribution in [0.4, 0.5) is 0 Å². The van der Waals surface area contributed by atoms with E-state index < -0.39 is 0 Å². The van der Waals surface area contributed by atoms with Gasteiger partial charge in [-0.1, -0.05) is 61.0 Å². The first-order valence-electron chi connectivity index (χ1n) is 14.4. The van der Waals surface area contributed by atoms with Crippen LogP contribution < -0.4 is 5.56 Å². The van der Waals surface area contributed by atoms with Crippen LogP contribution in [0, 0.1) is 11.3 Å². The van der Waals surface area contributed by atoms with Gasteiger partial charge in [-0.2, -0.15) is 5.26 Å². The van der Waals surface area contributed by atoms with Crippen molar-refractivity contribution in [1.29, 1.82) is 5.26 Å². The summed E-state index contributed by atoms with van der Waals surface area (Å²) in [6, 6.07) is 17.9. The monoisotopic (exact) mass is 553 g/mol. The van der Waals surface area contributed by atoms with E-state index in [0.29, 0.717) is 30.7 Å². The Kier molecular flexibility index (Phi) is 8.90. The number of carbonyl (C=O) groups excluding carboxylic acids is 1. The maximum absolute atomic E-state index is 14.2. The quantitative estimate of drug-likeness (QED) is 0.253. The number of aryl methyl sites for hydroxylation is 1. The average Bonchev–Trinajstić information content (AvgIpc) is 3.48. The van der Waals surface area contributed by atoms with Crippen LogP contribution in [0.3, 0.4) is 0 Å². The molecule has 0 amide bonds. The Labute approximate surface area is 239 Å². The Bertz CT molecular complexity index is 1610. The predicted octanol–water partition coefficient (Wildman–Crippen LogP) is 5.04. The van der Waals surface area contributed by atoms with Gasteiger partial charge in [-0.25, -0.2) is 9.31 Å². The molecule has 9 heteroatoms.